The van der Waals surface area contributed by atoms with Crippen LogP contribution in [0.2, 0.25) is 0 Å². The van der Waals surface area contributed by atoms with Gasteiger partial charge in [0.05, 0.1) is 6.20 Å². The summed E-state index contributed by atoms with van der Waals surface area (Å²) in [5, 5.41) is 11.1. The van der Waals surface area contributed by atoms with Crippen LogP contribution in [0.15, 0.2) is 46.1 Å². The van der Waals surface area contributed by atoms with E-state index in [4.69, 9.17) is 9.62 Å². The Balaban J connectivity index is 2.34. The van der Waals surface area contributed by atoms with E-state index >= 15 is 0 Å². The van der Waals surface area contributed by atoms with Crippen molar-refractivity contribution in [3.8, 4) is 11.5 Å². The van der Waals surface area contributed by atoms with E-state index in [0.29, 0.717) is 11.7 Å². The zero-order valence-corrected chi connectivity index (χ0v) is 7.29. The predicted molar refractivity (Wildman–Crippen MR) is 51.3 cm³/mol. The van der Waals surface area contributed by atoms with Gasteiger partial charge in [0.25, 0.3) is 0 Å². The van der Waals surface area contributed by atoms with E-state index in [1.807, 2.05) is 30.3 Å². The Morgan fingerprint density at radius 2 is 2.07 bits per heavy atom. The predicted octanol–water partition coefficient (Wildman–Crippen LogP) is 2.15. The van der Waals surface area contributed by atoms with Crippen LogP contribution in [-0.2, 0) is 0 Å². The number of rotatable bonds is 2. The molecule has 0 aliphatic rings. The third kappa shape index (κ3) is 1.64. The van der Waals surface area contributed by atoms with Crippen molar-refractivity contribution in [3.05, 3.63) is 42.3 Å². The van der Waals surface area contributed by atoms with Crippen LogP contribution in [0.1, 0.15) is 5.76 Å². The Hall–Kier alpha value is -2.10. The zero-order valence-electron chi connectivity index (χ0n) is 7.29. The second-order valence-electron chi connectivity index (χ2n) is 2.68. The lowest BCUT2D eigenvalue weighted by Crippen LogP contribution is -1.74. The van der Waals surface area contributed by atoms with Gasteiger partial charge in [-0.05, 0) is 12.1 Å². The molecule has 0 aliphatic carbocycles. The summed E-state index contributed by atoms with van der Waals surface area (Å²) < 4.78 is 5.29. The summed E-state index contributed by atoms with van der Waals surface area (Å²) in [6, 6.07) is 9.51. The Kier molecular flexibility index (Phi) is 2.27. The molecule has 0 aliphatic heterocycles. The van der Waals surface area contributed by atoms with E-state index in [2.05, 4.69) is 10.1 Å². The average Bonchev–Trinajstić information content (AvgIpc) is 2.68. The molecule has 0 radical (unpaired) electrons. The van der Waals surface area contributed by atoms with Crippen molar-refractivity contribution in [3.63, 3.8) is 0 Å². The normalized spacial score (nSPS) is 10.9. The zero-order chi connectivity index (χ0) is 9.80. The summed E-state index contributed by atoms with van der Waals surface area (Å²) in [4.78, 5) is 4.04. The first kappa shape index (κ1) is 8.50. The second-order valence-corrected chi connectivity index (χ2v) is 2.68. The topological polar surface area (TPSA) is 58.6 Å². The molecule has 0 unspecified atom stereocenters. The van der Waals surface area contributed by atoms with Gasteiger partial charge in [-0.3, -0.25) is 0 Å². The van der Waals surface area contributed by atoms with Crippen molar-refractivity contribution in [1.29, 1.82) is 0 Å². The van der Waals surface area contributed by atoms with E-state index in [9.17, 15) is 0 Å². The maximum Gasteiger partial charge on any atom is 0.226 e. The average molecular weight is 188 g/mol. The van der Waals surface area contributed by atoms with Crippen molar-refractivity contribution in [2.45, 2.75) is 0 Å². The van der Waals surface area contributed by atoms with Crippen LogP contribution in [0.4, 0.5) is 0 Å². The number of hydrogen-bond donors (Lipinski definition) is 1. The van der Waals surface area contributed by atoms with Crippen LogP contribution in [0.3, 0.4) is 0 Å². The van der Waals surface area contributed by atoms with Gasteiger partial charge in [-0.15, -0.1) is 0 Å². The molecule has 4 nitrogen and oxygen atoms in total. The van der Waals surface area contributed by atoms with Gasteiger partial charge in [-0.1, -0.05) is 23.4 Å². The lowest BCUT2D eigenvalue weighted by Gasteiger charge is -1.91. The van der Waals surface area contributed by atoms with Crippen LogP contribution >= 0.6 is 0 Å². The summed E-state index contributed by atoms with van der Waals surface area (Å²) in [6.45, 7) is 0. The van der Waals surface area contributed by atoms with Crippen LogP contribution in [0, 0.1) is 0 Å². The van der Waals surface area contributed by atoms with E-state index in [1.54, 1.807) is 0 Å². The van der Waals surface area contributed by atoms with Gasteiger partial charge in [0.1, 0.15) is 6.21 Å². The maximum atomic E-state index is 8.28. The molecular formula is C10H8N2O2. The Labute approximate surface area is 80.5 Å². The van der Waals surface area contributed by atoms with Crippen LogP contribution in [0.5, 0.6) is 0 Å². The minimum absolute atomic E-state index is 0.423. The second kappa shape index (κ2) is 3.74. The van der Waals surface area contributed by atoms with Gasteiger partial charge in [-0.2, -0.15) is 0 Å². The molecule has 0 atom stereocenters. The van der Waals surface area contributed by atoms with Crippen molar-refractivity contribution < 1.29 is 9.62 Å². The fourth-order valence-corrected chi connectivity index (χ4v) is 1.12. The van der Waals surface area contributed by atoms with Crippen LogP contribution in [-0.4, -0.2) is 16.4 Å². The molecule has 0 amide bonds. The maximum absolute atomic E-state index is 8.28. The summed E-state index contributed by atoms with van der Waals surface area (Å²) >= 11 is 0. The molecule has 70 valence electrons. The number of oxazole rings is 1. The minimum atomic E-state index is 0.423. The highest BCUT2D eigenvalue weighted by Gasteiger charge is 2.03. The summed E-state index contributed by atoms with van der Waals surface area (Å²) in [7, 11) is 0. The van der Waals surface area contributed by atoms with Crippen molar-refractivity contribution >= 4 is 6.21 Å². The quantitative estimate of drug-likeness (QED) is 0.446. The largest absolute Gasteiger partial charge is 0.435 e. The monoisotopic (exact) mass is 188 g/mol. The fourth-order valence-electron chi connectivity index (χ4n) is 1.12. The van der Waals surface area contributed by atoms with Gasteiger partial charge in [-0.25, -0.2) is 4.98 Å². The molecular weight excluding hydrogens is 180 g/mol. The SMILES string of the molecule is ON=Cc1cnc(-c2ccccc2)o1. The molecule has 0 fully saturated rings. The minimum Gasteiger partial charge on any atom is -0.435 e. The standard InChI is InChI=1S/C10H8N2O2/c13-12-7-9-6-11-10(14-9)8-4-2-1-3-5-8/h1-7,13H. The highest BCUT2D eigenvalue weighted by molar-refractivity contribution is 5.75. The molecule has 0 saturated heterocycles. The summed E-state index contributed by atoms with van der Waals surface area (Å²) in [5.74, 6) is 0.937. The van der Waals surface area contributed by atoms with Crippen molar-refractivity contribution in [2.75, 3.05) is 0 Å². The number of oxime groups is 1. The molecule has 0 saturated carbocycles. The van der Waals surface area contributed by atoms with Gasteiger partial charge in [0.15, 0.2) is 5.76 Å². The Morgan fingerprint density at radius 3 is 2.79 bits per heavy atom. The first-order valence-corrected chi connectivity index (χ1v) is 4.09. The third-order valence-electron chi connectivity index (χ3n) is 1.73. The molecule has 1 aromatic carbocycles. The Morgan fingerprint density at radius 1 is 1.29 bits per heavy atom. The first-order chi connectivity index (χ1) is 6.90. The van der Waals surface area contributed by atoms with E-state index in [0.717, 1.165) is 5.56 Å². The van der Waals surface area contributed by atoms with E-state index in [1.165, 1.54) is 12.4 Å². The molecule has 2 rings (SSSR count). The smallest absolute Gasteiger partial charge is 0.226 e. The highest BCUT2D eigenvalue weighted by atomic mass is 16.4. The molecule has 14 heavy (non-hydrogen) atoms. The number of aromatic nitrogens is 1. The molecule has 1 aromatic heterocycles. The lowest BCUT2D eigenvalue weighted by atomic mass is 10.2. The Bertz CT molecular complexity index is 434. The van der Waals surface area contributed by atoms with Crippen LogP contribution < -0.4 is 0 Å². The van der Waals surface area contributed by atoms with E-state index in [-0.39, 0.29) is 0 Å². The van der Waals surface area contributed by atoms with Crippen molar-refractivity contribution in [1.82, 2.24) is 4.98 Å². The lowest BCUT2D eigenvalue weighted by molar-refractivity contribution is 0.321. The third-order valence-corrected chi connectivity index (χ3v) is 1.73. The fraction of sp³-hybridized carbons (Fsp3) is 0. The van der Waals surface area contributed by atoms with Crippen molar-refractivity contribution in [2.24, 2.45) is 5.16 Å². The van der Waals surface area contributed by atoms with E-state index < -0.39 is 0 Å². The van der Waals surface area contributed by atoms with Crippen LogP contribution in [0.25, 0.3) is 11.5 Å². The number of benzene rings is 1. The first-order valence-electron chi connectivity index (χ1n) is 4.09. The molecule has 1 heterocycles. The molecule has 0 bridgehead atoms. The van der Waals surface area contributed by atoms with Gasteiger partial charge in [0, 0.05) is 5.56 Å². The molecule has 1 N–H and O–H groups in total. The number of hydrogen-bond acceptors (Lipinski definition) is 4. The molecule has 4 heteroatoms. The summed E-state index contributed by atoms with van der Waals surface area (Å²) in [6.07, 6.45) is 2.70. The van der Waals surface area contributed by atoms with Gasteiger partial charge in [0.2, 0.25) is 5.89 Å². The van der Waals surface area contributed by atoms with Gasteiger partial charge >= 0.3 is 0 Å². The molecule has 0 spiro atoms. The highest BCUT2D eigenvalue weighted by Crippen LogP contribution is 2.17. The summed E-state index contributed by atoms with van der Waals surface area (Å²) in [5.41, 5.74) is 0.894. The molecule has 2 aromatic rings. The van der Waals surface area contributed by atoms with Gasteiger partial charge < -0.3 is 9.62 Å². The number of nitrogens with zero attached hydrogens (tertiary/aromatic N) is 2.